The zero-order valence-corrected chi connectivity index (χ0v) is 24.0. The average molecular weight is 567 g/mol. The highest BCUT2D eigenvalue weighted by molar-refractivity contribution is 6.04. The lowest BCUT2D eigenvalue weighted by Crippen LogP contribution is -2.37. The Balaban J connectivity index is 1.15. The number of carbonyl (C=O) groups is 2. The van der Waals surface area contributed by atoms with Crippen LogP contribution >= 0.6 is 0 Å². The number of anilines is 3. The number of hydrogen-bond donors (Lipinski definition) is 3. The van der Waals surface area contributed by atoms with E-state index in [9.17, 15) is 14.7 Å². The molecular formula is C33H38N6O3. The minimum atomic E-state index is -0.191. The van der Waals surface area contributed by atoms with Crippen LogP contribution < -0.4 is 15.5 Å². The SMILES string of the molecule is CNC(=O)n1ccc2cc(N(c3ccnc(NC(=O)c4ccc(CCN5CCC(O)CC5)cc4)c3)C3CCC3)ccc21. The molecule has 2 amide bonds. The minimum Gasteiger partial charge on any atom is -0.393 e. The first-order valence-electron chi connectivity index (χ1n) is 14.9. The number of likely N-dealkylation sites (tertiary alicyclic amines) is 1. The number of benzene rings is 2. The number of rotatable bonds is 8. The van der Waals surface area contributed by atoms with Crippen molar-refractivity contribution in [1.29, 1.82) is 0 Å². The van der Waals surface area contributed by atoms with Crippen molar-refractivity contribution in [3.8, 4) is 0 Å². The molecule has 2 aliphatic rings. The lowest BCUT2D eigenvalue weighted by Gasteiger charge is -2.39. The van der Waals surface area contributed by atoms with Crippen molar-refractivity contribution >= 4 is 40.0 Å². The third-order valence-corrected chi connectivity index (χ3v) is 8.58. The Kier molecular flexibility index (Phi) is 8.21. The Labute approximate surface area is 246 Å². The second-order valence-corrected chi connectivity index (χ2v) is 11.3. The molecule has 3 heterocycles. The molecule has 2 aromatic heterocycles. The monoisotopic (exact) mass is 566 g/mol. The first-order valence-corrected chi connectivity index (χ1v) is 14.9. The standard InChI is InChI=1S/C33H38N6O3/c1-34-33(42)38-20-13-25-21-27(9-10-30(25)38)39(26-3-2-4-26)28-11-16-35-31(22-28)36-32(41)24-7-5-23(6-8-24)12-17-37-18-14-29(40)15-19-37/h5-11,13,16,20-22,26,29,40H,2-4,12,14-15,17-19H2,1H3,(H,34,42)(H,35,36,41). The van der Waals surface area contributed by atoms with Gasteiger partial charge < -0.3 is 25.5 Å². The zero-order chi connectivity index (χ0) is 29.1. The highest BCUT2D eigenvalue weighted by Crippen LogP contribution is 2.38. The Bertz CT molecular complexity index is 1550. The van der Waals surface area contributed by atoms with E-state index in [1.54, 1.807) is 24.0 Å². The summed E-state index contributed by atoms with van der Waals surface area (Å²) in [6.07, 6.45) is 9.33. The molecule has 9 heteroatoms. The molecule has 42 heavy (non-hydrogen) atoms. The predicted molar refractivity (Wildman–Crippen MR) is 166 cm³/mol. The van der Waals surface area contributed by atoms with Crippen molar-refractivity contribution in [3.05, 3.63) is 84.2 Å². The summed E-state index contributed by atoms with van der Waals surface area (Å²) >= 11 is 0. The number of carbonyl (C=O) groups excluding carboxylic acids is 2. The fraction of sp³-hybridized carbons (Fsp3) is 0.364. The second-order valence-electron chi connectivity index (χ2n) is 11.3. The molecule has 0 unspecified atom stereocenters. The van der Waals surface area contributed by atoms with Gasteiger partial charge in [-0.25, -0.2) is 9.78 Å². The maximum atomic E-state index is 13.1. The van der Waals surface area contributed by atoms with E-state index in [1.807, 2.05) is 48.5 Å². The summed E-state index contributed by atoms with van der Waals surface area (Å²) in [5.74, 6) is 0.313. The maximum Gasteiger partial charge on any atom is 0.325 e. The largest absolute Gasteiger partial charge is 0.393 e. The van der Waals surface area contributed by atoms with Gasteiger partial charge in [0.05, 0.1) is 11.6 Å². The number of pyridine rings is 1. The van der Waals surface area contributed by atoms with Gasteiger partial charge in [0.15, 0.2) is 0 Å². The van der Waals surface area contributed by atoms with Gasteiger partial charge in [0.2, 0.25) is 0 Å². The molecule has 0 radical (unpaired) electrons. The van der Waals surface area contributed by atoms with Crippen LogP contribution in [-0.2, 0) is 6.42 Å². The van der Waals surface area contributed by atoms with Gasteiger partial charge >= 0.3 is 6.03 Å². The highest BCUT2D eigenvalue weighted by Gasteiger charge is 2.27. The number of amides is 2. The van der Waals surface area contributed by atoms with Crippen LogP contribution in [0.1, 0.15) is 48.0 Å². The second kappa shape index (κ2) is 12.3. The van der Waals surface area contributed by atoms with Crippen LogP contribution in [0.5, 0.6) is 0 Å². The molecule has 1 saturated carbocycles. The number of hydrogen-bond acceptors (Lipinski definition) is 6. The molecule has 0 bridgehead atoms. The maximum absolute atomic E-state index is 13.1. The number of nitrogens with one attached hydrogen (secondary N) is 2. The molecule has 6 rings (SSSR count). The van der Waals surface area contributed by atoms with Crippen LogP contribution in [0.15, 0.2) is 73.1 Å². The summed E-state index contributed by atoms with van der Waals surface area (Å²) in [6, 6.07) is 20.0. The van der Waals surface area contributed by atoms with Crippen LogP contribution in [0.3, 0.4) is 0 Å². The van der Waals surface area contributed by atoms with E-state index in [-0.39, 0.29) is 18.0 Å². The fourth-order valence-electron chi connectivity index (χ4n) is 5.87. The van der Waals surface area contributed by atoms with E-state index in [1.165, 1.54) is 12.0 Å². The number of aliphatic hydroxyl groups is 1. The topological polar surface area (TPSA) is 103 Å². The summed E-state index contributed by atoms with van der Waals surface area (Å²) < 4.78 is 1.61. The molecule has 0 spiro atoms. The molecule has 2 aromatic carbocycles. The Morgan fingerprint density at radius 2 is 1.74 bits per heavy atom. The molecule has 218 valence electrons. The fourth-order valence-corrected chi connectivity index (χ4v) is 5.87. The molecule has 1 aliphatic carbocycles. The number of fused-ring (bicyclic) bond motifs is 1. The van der Waals surface area contributed by atoms with Crippen molar-refractivity contribution in [3.63, 3.8) is 0 Å². The van der Waals surface area contributed by atoms with Crippen LogP contribution in [0.2, 0.25) is 0 Å². The Hall–Kier alpha value is -4.21. The van der Waals surface area contributed by atoms with Crippen molar-refractivity contribution in [2.24, 2.45) is 0 Å². The summed E-state index contributed by atoms with van der Waals surface area (Å²) in [4.78, 5) is 34.5. The molecule has 1 aliphatic heterocycles. The highest BCUT2D eigenvalue weighted by atomic mass is 16.3. The molecule has 4 aromatic rings. The van der Waals surface area contributed by atoms with Gasteiger partial charge in [0.1, 0.15) is 5.82 Å². The normalized spacial score (nSPS) is 16.2. The average Bonchev–Trinajstić information content (AvgIpc) is 3.42. The van der Waals surface area contributed by atoms with E-state index in [0.717, 1.165) is 74.0 Å². The summed E-state index contributed by atoms with van der Waals surface area (Å²) in [6.45, 7) is 2.83. The van der Waals surface area contributed by atoms with Crippen LogP contribution in [0.25, 0.3) is 10.9 Å². The third kappa shape index (κ3) is 6.03. The molecule has 9 nitrogen and oxygen atoms in total. The number of aromatic nitrogens is 2. The third-order valence-electron chi connectivity index (χ3n) is 8.58. The summed E-state index contributed by atoms with van der Waals surface area (Å²) in [5.41, 5.74) is 4.65. The zero-order valence-electron chi connectivity index (χ0n) is 24.0. The van der Waals surface area contributed by atoms with Gasteiger partial charge in [-0.2, -0.15) is 0 Å². The first-order chi connectivity index (χ1) is 20.5. The van der Waals surface area contributed by atoms with Crippen molar-refractivity contribution in [2.45, 2.75) is 50.7 Å². The molecule has 2 fully saturated rings. The van der Waals surface area contributed by atoms with E-state index in [4.69, 9.17) is 0 Å². The predicted octanol–water partition coefficient (Wildman–Crippen LogP) is 5.17. The van der Waals surface area contributed by atoms with E-state index >= 15 is 0 Å². The number of piperidine rings is 1. The Morgan fingerprint density at radius 3 is 2.45 bits per heavy atom. The van der Waals surface area contributed by atoms with Crippen molar-refractivity contribution < 1.29 is 14.7 Å². The van der Waals surface area contributed by atoms with Crippen molar-refractivity contribution in [1.82, 2.24) is 19.8 Å². The van der Waals surface area contributed by atoms with E-state index < -0.39 is 0 Å². The Morgan fingerprint density at radius 1 is 0.976 bits per heavy atom. The summed E-state index contributed by atoms with van der Waals surface area (Å²) in [5, 5.41) is 16.4. The first kappa shape index (κ1) is 27.9. The van der Waals surface area contributed by atoms with Crippen LogP contribution in [0.4, 0.5) is 22.0 Å². The van der Waals surface area contributed by atoms with E-state index in [2.05, 4.69) is 37.6 Å². The van der Waals surface area contributed by atoms with Gasteiger partial charge in [-0.1, -0.05) is 12.1 Å². The minimum absolute atomic E-state index is 0.158. The van der Waals surface area contributed by atoms with Crippen molar-refractivity contribution in [2.75, 3.05) is 36.9 Å². The van der Waals surface area contributed by atoms with Gasteiger partial charge in [-0.15, -0.1) is 0 Å². The molecular weight excluding hydrogens is 528 g/mol. The lowest BCUT2D eigenvalue weighted by molar-refractivity contribution is 0.0832. The lowest BCUT2D eigenvalue weighted by atomic mass is 9.90. The number of aliphatic hydroxyl groups excluding tert-OH is 1. The van der Waals surface area contributed by atoms with Crippen LogP contribution in [-0.4, -0.2) is 70.3 Å². The number of nitrogens with zero attached hydrogens (tertiary/aromatic N) is 4. The molecule has 0 atom stereocenters. The quantitative estimate of drug-likeness (QED) is 0.272. The smallest absolute Gasteiger partial charge is 0.325 e. The summed E-state index contributed by atoms with van der Waals surface area (Å²) in [7, 11) is 1.63. The van der Waals surface area contributed by atoms with E-state index in [0.29, 0.717) is 17.4 Å². The van der Waals surface area contributed by atoms with Gasteiger partial charge in [-0.05, 0) is 86.6 Å². The van der Waals surface area contributed by atoms with Gasteiger partial charge in [0.25, 0.3) is 5.91 Å². The van der Waals surface area contributed by atoms with Gasteiger partial charge in [0, 0.05) is 73.5 Å². The van der Waals surface area contributed by atoms with Gasteiger partial charge in [-0.3, -0.25) is 9.36 Å². The van der Waals surface area contributed by atoms with Crippen LogP contribution in [0, 0.1) is 0 Å². The molecule has 3 N–H and O–H groups in total. The molecule has 1 saturated heterocycles.